The van der Waals surface area contributed by atoms with Crippen molar-refractivity contribution >= 4 is 23.4 Å². The number of amides is 3. The molecule has 0 aromatic heterocycles. The van der Waals surface area contributed by atoms with Crippen LogP contribution < -0.4 is 21.3 Å². The fraction of sp³-hybridized carbons (Fsp3) is 0.400. The fourth-order valence-electron chi connectivity index (χ4n) is 1.68. The lowest BCUT2D eigenvalue weighted by molar-refractivity contribution is -0.126. The van der Waals surface area contributed by atoms with Crippen molar-refractivity contribution < 1.29 is 14.4 Å². The number of hydrogen-bond donors (Lipinski definition) is 4. The van der Waals surface area contributed by atoms with Gasteiger partial charge in [0, 0.05) is 19.2 Å². The van der Waals surface area contributed by atoms with Crippen LogP contribution in [-0.2, 0) is 20.9 Å². The van der Waals surface area contributed by atoms with Crippen LogP contribution in [0.5, 0.6) is 0 Å². The van der Waals surface area contributed by atoms with E-state index in [0.717, 1.165) is 18.7 Å². The molecular weight excluding hydrogens is 284 g/mol. The van der Waals surface area contributed by atoms with E-state index < -0.39 is 5.91 Å². The Kier molecular flexibility index (Phi) is 7.63. The van der Waals surface area contributed by atoms with Crippen LogP contribution in [0, 0.1) is 0 Å². The summed E-state index contributed by atoms with van der Waals surface area (Å²) in [5, 5.41) is 10.7. The van der Waals surface area contributed by atoms with Crippen LogP contribution in [0.4, 0.5) is 5.69 Å². The number of carbonyl (C=O) groups excluding carboxylic acids is 3. The van der Waals surface area contributed by atoms with E-state index in [1.54, 1.807) is 6.07 Å². The molecule has 0 saturated heterocycles. The third kappa shape index (κ3) is 7.39. The zero-order valence-corrected chi connectivity index (χ0v) is 12.9. The Labute approximate surface area is 129 Å². The number of carbonyl (C=O) groups is 3. The van der Waals surface area contributed by atoms with Crippen molar-refractivity contribution in [1.82, 2.24) is 16.0 Å². The third-order valence-electron chi connectivity index (χ3n) is 2.73. The number of benzene rings is 1. The van der Waals surface area contributed by atoms with Crippen LogP contribution in [-0.4, -0.2) is 37.4 Å². The zero-order valence-electron chi connectivity index (χ0n) is 12.9. The predicted octanol–water partition coefficient (Wildman–Crippen LogP) is -0.0131. The molecule has 0 radical (unpaired) electrons. The molecular formula is C15H22N4O3. The first-order valence-electron chi connectivity index (χ1n) is 7.12. The van der Waals surface area contributed by atoms with E-state index >= 15 is 0 Å². The van der Waals surface area contributed by atoms with Gasteiger partial charge in [0.05, 0.1) is 13.1 Å². The summed E-state index contributed by atoms with van der Waals surface area (Å²) < 4.78 is 0. The Morgan fingerprint density at radius 2 is 1.77 bits per heavy atom. The molecule has 0 fully saturated rings. The van der Waals surface area contributed by atoms with Crippen LogP contribution in [0.25, 0.3) is 0 Å². The monoisotopic (exact) mass is 306 g/mol. The van der Waals surface area contributed by atoms with Gasteiger partial charge in [0.1, 0.15) is 0 Å². The highest BCUT2D eigenvalue weighted by Crippen LogP contribution is 2.10. The van der Waals surface area contributed by atoms with Crippen LogP contribution in [0.15, 0.2) is 24.3 Å². The van der Waals surface area contributed by atoms with Gasteiger partial charge in [-0.15, -0.1) is 0 Å². The van der Waals surface area contributed by atoms with Crippen molar-refractivity contribution in [3.63, 3.8) is 0 Å². The lowest BCUT2D eigenvalue weighted by atomic mass is 10.2. The second kappa shape index (κ2) is 9.51. The molecule has 0 unspecified atom stereocenters. The molecule has 0 spiro atoms. The van der Waals surface area contributed by atoms with E-state index in [9.17, 15) is 14.4 Å². The number of rotatable bonds is 8. The summed E-state index contributed by atoms with van der Waals surface area (Å²) in [4.78, 5) is 33.8. The highest BCUT2D eigenvalue weighted by Gasteiger charge is 2.06. The molecule has 120 valence electrons. The topological polar surface area (TPSA) is 99.3 Å². The van der Waals surface area contributed by atoms with Gasteiger partial charge < -0.3 is 21.3 Å². The smallest absolute Gasteiger partial charge is 0.243 e. The van der Waals surface area contributed by atoms with E-state index in [1.165, 1.54) is 6.92 Å². The average molecular weight is 306 g/mol. The van der Waals surface area contributed by atoms with Crippen molar-refractivity contribution in [3.05, 3.63) is 29.8 Å². The summed E-state index contributed by atoms with van der Waals surface area (Å²) in [5.41, 5.74) is 1.74. The molecule has 7 nitrogen and oxygen atoms in total. The maximum Gasteiger partial charge on any atom is 0.243 e. The summed E-state index contributed by atoms with van der Waals surface area (Å²) in [7, 11) is 0. The molecule has 0 saturated carbocycles. The largest absolute Gasteiger partial charge is 0.347 e. The molecule has 1 rings (SSSR count). The van der Waals surface area contributed by atoms with Gasteiger partial charge in [-0.25, -0.2) is 0 Å². The van der Waals surface area contributed by atoms with E-state index in [0.29, 0.717) is 5.69 Å². The summed E-state index contributed by atoms with van der Waals surface area (Å²) in [6.45, 7) is 4.66. The first-order valence-corrected chi connectivity index (χ1v) is 7.12. The maximum absolute atomic E-state index is 11.8. The molecule has 0 aliphatic carbocycles. The second-order valence-electron chi connectivity index (χ2n) is 4.72. The fourth-order valence-corrected chi connectivity index (χ4v) is 1.68. The Bertz CT molecular complexity index is 531. The highest BCUT2D eigenvalue weighted by molar-refractivity contribution is 5.95. The van der Waals surface area contributed by atoms with Gasteiger partial charge in [0.25, 0.3) is 0 Å². The highest BCUT2D eigenvalue weighted by atomic mass is 16.2. The Morgan fingerprint density at radius 3 is 2.45 bits per heavy atom. The molecule has 0 bridgehead atoms. The van der Waals surface area contributed by atoms with E-state index in [4.69, 9.17) is 0 Å². The van der Waals surface area contributed by atoms with Gasteiger partial charge in [0.2, 0.25) is 17.7 Å². The predicted molar refractivity (Wildman–Crippen MR) is 84.1 cm³/mol. The molecule has 0 aliphatic rings. The number of anilines is 1. The van der Waals surface area contributed by atoms with Crippen molar-refractivity contribution in [3.8, 4) is 0 Å². The minimum absolute atomic E-state index is 0.138. The van der Waals surface area contributed by atoms with Crippen molar-refractivity contribution in [2.24, 2.45) is 0 Å². The lowest BCUT2D eigenvalue weighted by Crippen LogP contribution is -2.39. The van der Waals surface area contributed by atoms with Crippen molar-refractivity contribution in [2.45, 2.75) is 20.4 Å². The minimum Gasteiger partial charge on any atom is -0.347 e. The SMILES string of the molecule is CCNCc1cccc(NC(=O)CNC(=O)CNC(C)=O)c1. The maximum atomic E-state index is 11.8. The standard InChI is InChI=1S/C15H22N4O3/c1-3-16-8-12-5-4-6-13(7-12)19-15(22)10-18-14(21)9-17-11(2)20/h4-7,16H,3,8-10H2,1-2H3,(H,17,20)(H,18,21)(H,19,22). The molecule has 1 aromatic carbocycles. The van der Waals surface area contributed by atoms with Gasteiger partial charge in [-0.05, 0) is 24.2 Å². The summed E-state index contributed by atoms with van der Waals surface area (Å²) in [6, 6.07) is 7.48. The number of hydrogen-bond acceptors (Lipinski definition) is 4. The lowest BCUT2D eigenvalue weighted by Gasteiger charge is -2.09. The molecule has 7 heteroatoms. The molecule has 4 N–H and O–H groups in total. The molecule has 22 heavy (non-hydrogen) atoms. The van der Waals surface area contributed by atoms with Crippen LogP contribution in [0.1, 0.15) is 19.4 Å². The summed E-state index contributed by atoms with van der Waals surface area (Å²) in [6.07, 6.45) is 0. The van der Waals surface area contributed by atoms with Gasteiger partial charge >= 0.3 is 0 Å². The first-order chi connectivity index (χ1) is 10.5. The molecule has 0 aliphatic heterocycles. The van der Waals surface area contributed by atoms with Crippen molar-refractivity contribution in [1.29, 1.82) is 0 Å². The van der Waals surface area contributed by atoms with E-state index in [1.807, 2.05) is 25.1 Å². The average Bonchev–Trinajstić information content (AvgIpc) is 2.49. The van der Waals surface area contributed by atoms with Gasteiger partial charge in [0.15, 0.2) is 0 Å². The first kappa shape index (κ1) is 17.6. The molecule has 0 heterocycles. The van der Waals surface area contributed by atoms with Gasteiger partial charge in [-0.3, -0.25) is 14.4 Å². The zero-order chi connectivity index (χ0) is 16.4. The molecule has 3 amide bonds. The Balaban J connectivity index is 2.38. The summed E-state index contributed by atoms with van der Waals surface area (Å²) >= 11 is 0. The summed E-state index contributed by atoms with van der Waals surface area (Å²) in [5.74, 6) is -1.03. The quantitative estimate of drug-likeness (QED) is 0.543. The van der Waals surface area contributed by atoms with Crippen LogP contribution in [0.3, 0.4) is 0 Å². The molecule has 1 aromatic rings. The minimum atomic E-state index is -0.411. The van der Waals surface area contributed by atoms with Crippen LogP contribution in [0.2, 0.25) is 0 Å². The Hall–Kier alpha value is -2.41. The second-order valence-corrected chi connectivity index (χ2v) is 4.72. The van der Waals surface area contributed by atoms with E-state index in [2.05, 4.69) is 21.3 Å². The number of nitrogens with one attached hydrogen (secondary N) is 4. The normalized spacial score (nSPS) is 9.91. The van der Waals surface area contributed by atoms with Crippen molar-refractivity contribution in [2.75, 3.05) is 25.0 Å². The Morgan fingerprint density at radius 1 is 1.05 bits per heavy atom. The van der Waals surface area contributed by atoms with Gasteiger partial charge in [-0.1, -0.05) is 19.1 Å². The molecule has 0 atom stereocenters. The third-order valence-corrected chi connectivity index (χ3v) is 2.73. The van der Waals surface area contributed by atoms with Gasteiger partial charge in [-0.2, -0.15) is 0 Å². The van der Waals surface area contributed by atoms with E-state index in [-0.39, 0.29) is 24.9 Å². The van der Waals surface area contributed by atoms with Crippen LogP contribution >= 0.6 is 0 Å².